The Hall–Kier alpha value is -1.52. The predicted octanol–water partition coefficient (Wildman–Crippen LogP) is 2.15. The Balaban J connectivity index is 1.72. The van der Waals surface area contributed by atoms with Crippen molar-refractivity contribution in [2.45, 2.75) is 57.9 Å². The predicted molar refractivity (Wildman–Crippen MR) is 76.1 cm³/mol. The van der Waals surface area contributed by atoms with Gasteiger partial charge in [0.15, 0.2) is 5.96 Å². The maximum Gasteiger partial charge on any atom is 0.188 e. The highest BCUT2D eigenvalue weighted by molar-refractivity contribution is 5.78. The van der Waals surface area contributed by atoms with Crippen LogP contribution in [0.5, 0.6) is 0 Å². The summed E-state index contributed by atoms with van der Waals surface area (Å²) in [6.45, 7) is 2.55. The van der Waals surface area contributed by atoms with Gasteiger partial charge in [-0.05, 0) is 19.8 Å². The molecule has 2 rings (SSSR count). The fraction of sp³-hybridized carbons (Fsp3) is 0.714. The van der Waals surface area contributed by atoms with Crippen molar-refractivity contribution in [2.75, 3.05) is 6.54 Å². The van der Waals surface area contributed by atoms with E-state index in [0.717, 1.165) is 17.9 Å². The summed E-state index contributed by atoms with van der Waals surface area (Å²) in [4.78, 5) is 4.35. The van der Waals surface area contributed by atoms with Gasteiger partial charge in [-0.25, -0.2) is 0 Å². The van der Waals surface area contributed by atoms with Crippen molar-refractivity contribution in [3.63, 3.8) is 0 Å². The summed E-state index contributed by atoms with van der Waals surface area (Å²) >= 11 is 0. The fourth-order valence-corrected chi connectivity index (χ4v) is 2.50. The van der Waals surface area contributed by atoms with Crippen LogP contribution in [-0.4, -0.2) is 23.7 Å². The number of aliphatic imine (C=N–C) groups is 1. The first-order valence-corrected chi connectivity index (χ1v) is 7.22. The van der Waals surface area contributed by atoms with Gasteiger partial charge in [-0.2, -0.15) is 0 Å². The molecule has 0 unspecified atom stereocenters. The van der Waals surface area contributed by atoms with E-state index in [2.05, 4.69) is 15.5 Å². The van der Waals surface area contributed by atoms with Gasteiger partial charge in [0.1, 0.15) is 5.76 Å². The topological polar surface area (TPSA) is 76.4 Å². The second-order valence-electron chi connectivity index (χ2n) is 5.28. The highest BCUT2D eigenvalue weighted by atomic mass is 16.5. The molecule has 1 aromatic heterocycles. The lowest BCUT2D eigenvalue weighted by Gasteiger charge is -2.16. The first-order chi connectivity index (χ1) is 9.24. The molecule has 1 saturated carbocycles. The van der Waals surface area contributed by atoms with Crippen molar-refractivity contribution in [1.82, 2.24) is 10.5 Å². The summed E-state index contributed by atoms with van der Waals surface area (Å²) in [7, 11) is 0. The second-order valence-corrected chi connectivity index (χ2v) is 5.28. The lowest BCUT2D eigenvalue weighted by molar-refractivity contribution is 0.381. The largest absolute Gasteiger partial charge is 0.370 e. The fourth-order valence-electron chi connectivity index (χ4n) is 2.50. The molecular weight excluding hydrogens is 240 g/mol. The smallest absolute Gasteiger partial charge is 0.188 e. The Morgan fingerprint density at radius 1 is 1.42 bits per heavy atom. The molecule has 0 aromatic carbocycles. The second kappa shape index (κ2) is 7.16. The highest BCUT2D eigenvalue weighted by Gasteiger charge is 2.12. The molecule has 0 saturated heterocycles. The number of hydrogen-bond donors (Lipinski definition) is 2. The zero-order valence-corrected chi connectivity index (χ0v) is 11.7. The Morgan fingerprint density at radius 2 is 2.16 bits per heavy atom. The Morgan fingerprint density at radius 3 is 2.79 bits per heavy atom. The van der Waals surface area contributed by atoms with Crippen LogP contribution < -0.4 is 11.1 Å². The van der Waals surface area contributed by atoms with Crippen LogP contribution in [0.15, 0.2) is 15.6 Å². The van der Waals surface area contributed by atoms with Crippen molar-refractivity contribution in [3.8, 4) is 0 Å². The summed E-state index contributed by atoms with van der Waals surface area (Å²) < 4.78 is 5.13. The molecule has 3 N–H and O–H groups in total. The average Bonchev–Trinajstić information content (AvgIpc) is 2.63. The van der Waals surface area contributed by atoms with E-state index in [-0.39, 0.29) is 0 Å². The highest BCUT2D eigenvalue weighted by Crippen LogP contribution is 2.16. The van der Waals surface area contributed by atoms with E-state index in [1.54, 1.807) is 0 Å². The molecule has 0 amide bonds. The SMILES string of the molecule is Cc1cc(CCN=C(N)NC2CCCCCC2)on1. The van der Waals surface area contributed by atoms with Crippen molar-refractivity contribution in [3.05, 3.63) is 17.5 Å². The summed E-state index contributed by atoms with van der Waals surface area (Å²) in [5.41, 5.74) is 6.82. The van der Waals surface area contributed by atoms with Gasteiger partial charge in [-0.1, -0.05) is 30.8 Å². The Bertz CT molecular complexity index is 405. The lowest BCUT2D eigenvalue weighted by Crippen LogP contribution is -2.40. The molecule has 106 valence electrons. The number of guanidine groups is 1. The first-order valence-electron chi connectivity index (χ1n) is 7.22. The van der Waals surface area contributed by atoms with Crippen molar-refractivity contribution < 1.29 is 4.52 Å². The number of nitrogens with zero attached hydrogens (tertiary/aromatic N) is 2. The van der Waals surface area contributed by atoms with Gasteiger partial charge in [0.25, 0.3) is 0 Å². The minimum Gasteiger partial charge on any atom is -0.370 e. The van der Waals surface area contributed by atoms with Crippen LogP contribution in [0, 0.1) is 6.92 Å². The molecule has 1 aliphatic carbocycles. The summed E-state index contributed by atoms with van der Waals surface area (Å²) in [5.74, 6) is 1.42. The molecule has 5 heteroatoms. The molecule has 1 fully saturated rings. The van der Waals surface area contributed by atoms with Crippen LogP contribution >= 0.6 is 0 Å². The molecule has 1 heterocycles. The number of aromatic nitrogens is 1. The Kier molecular flexibility index (Phi) is 5.24. The van der Waals surface area contributed by atoms with E-state index in [1.807, 2.05) is 13.0 Å². The molecular formula is C14H24N4O. The van der Waals surface area contributed by atoms with Crippen molar-refractivity contribution >= 4 is 5.96 Å². The quantitative estimate of drug-likeness (QED) is 0.496. The standard InChI is InChI=1S/C14H24N4O/c1-11-10-13(19-18-11)8-9-16-14(15)17-12-6-4-2-3-5-7-12/h10,12H,2-9H2,1H3,(H3,15,16,17). The molecule has 1 aromatic rings. The van der Waals surface area contributed by atoms with Crippen LogP contribution in [0.4, 0.5) is 0 Å². The molecule has 0 spiro atoms. The third-order valence-electron chi connectivity index (χ3n) is 3.52. The van der Waals surface area contributed by atoms with E-state index < -0.39 is 0 Å². The molecule has 5 nitrogen and oxygen atoms in total. The van der Waals surface area contributed by atoms with Gasteiger partial charge >= 0.3 is 0 Å². The average molecular weight is 264 g/mol. The number of nitrogens with one attached hydrogen (secondary N) is 1. The van der Waals surface area contributed by atoms with Gasteiger partial charge in [-0.15, -0.1) is 0 Å². The van der Waals surface area contributed by atoms with E-state index in [4.69, 9.17) is 10.3 Å². The van der Waals surface area contributed by atoms with E-state index in [9.17, 15) is 0 Å². The van der Waals surface area contributed by atoms with Crippen molar-refractivity contribution in [2.24, 2.45) is 10.7 Å². The number of nitrogens with two attached hydrogens (primary N) is 1. The van der Waals surface area contributed by atoms with E-state index in [0.29, 0.717) is 18.5 Å². The third kappa shape index (κ3) is 4.93. The minimum absolute atomic E-state index is 0.499. The summed E-state index contributed by atoms with van der Waals surface area (Å²) in [5, 5.41) is 7.18. The maximum absolute atomic E-state index is 5.92. The maximum atomic E-state index is 5.92. The zero-order valence-electron chi connectivity index (χ0n) is 11.7. The normalized spacial score (nSPS) is 18.3. The summed E-state index contributed by atoms with van der Waals surface area (Å²) in [6.07, 6.45) is 8.44. The summed E-state index contributed by atoms with van der Waals surface area (Å²) in [6, 6.07) is 2.43. The molecule has 0 aliphatic heterocycles. The first kappa shape index (κ1) is 13.9. The van der Waals surface area contributed by atoms with Crippen molar-refractivity contribution in [1.29, 1.82) is 0 Å². The number of rotatable bonds is 4. The van der Waals surface area contributed by atoms with Gasteiger partial charge in [-0.3, -0.25) is 4.99 Å². The van der Waals surface area contributed by atoms with Gasteiger partial charge < -0.3 is 15.6 Å². The van der Waals surface area contributed by atoms with E-state index in [1.165, 1.54) is 38.5 Å². The zero-order chi connectivity index (χ0) is 13.5. The number of aryl methyl sites for hydroxylation is 1. The van der Waals surface area contributed by atoms with Crippen LogP contribution in [0.25, 0.3) is 0 Å². The van der Waals surface area contributed by atoms with Gasteiger partial charge in [0.05, 0.1) is 5.69 Å². The third-order valence-corrected chi connectivity index (χ3v) is 3.52. The monoisotopic (exact) mass is 264 g/mol. The molecule has 0 atom stereocenters. The molecule has 0 radical (unpaired) electrons. The van der Waals surface area contributed by atoms with Gasteiger partial charge in [0, 0.05) is 25.1 Å². The van der Waals surface area contributed by atoms with Crippen LogP contribution in [0.1, 0.15) is 50.0 Å². The molecule has 0 bridgehead atoms. The van der Waals surface area contributed by atoms with Crippen LogP contribution in [0.3, 0.4) is 0 Å². The number of hydrogen-bond acceptors (Lipinski definition) is 3. The van der Waals surface area contributed by atoms with Crippen LogP contribution in [-0.2, 0) is 6.42 Å². The lowest BCUT2D eigenvalue weighted by atomic mass is 10.1. The molecule has 19 heavy (non-hydrogen) atoms. The van der Waals surface area contributed by atoms with E-state index >= 15 is 0 Å². The molecule has 1 aliphatic rings. The minimum atomic E-state index is 0.499. The Labute approximate surface area is 114 Å². The van der Waals surface area contributed by atoms with Gasteiger partial charge in [0.2, 0.25) is 0 Å². The van der Waals surface area contributed by atoms with Crippen LogP contribution in [0.2, 0.25) is 0 Å².